The maximum Gasteiger partial charge on any atom is 0.340 e. The number of nitrogens with zero attached hydrogens (tertiary/aromatic N) is 1. The molecule has 0 unspecified atom stereocenters. The monoisotopic (exact) mass is 328 g/mol. The summed E-state index contributed by atoms with van der Waals surface area (Å²) in [4.78, 5) is 2.53. The molecule has 24 heavy (non-hydrogen) atoms. The lowest BCUT2D eigenvalue weighted by atomic mass is 9.82. The summed E-state index contributed by atoms with van der Waals surface area (Å²) >= 11 is 0. The lowest BCUT2D eigenvalue weighted by Crippen LogP contribution is -2.59. The standard InChI is InChI=1S/C19H29BN2O2/c1-14-17(3-2-16-4-7-20-24-18(14)16)10-15-11-22(12-15)13-19(21)5-8-23-9-6-19/h2-3,15,20H,4-13,21H2,1H3. The lowest BCUT2D eigenvalue weighted by molar-refractivity contribution is 0.0116. The zero-order valence-electron chi connectivity index (χ0n) is 14.9. The zero-order chi connectivity index (χ0) is 16.6. The van der Waals surface area contributed by atoms with Crippen LogP contribution < -0.4 is 10.4 Å². The van der Waals surface area contributed by atoms with E-state index in [4.69, 9.17) is 15.1 Å². The molecular formula is C19H29BN2O2. The minimum absolute atomic E-state index is 0.0290. The number of benzene rings is 1. The van der Waals surface area contributed by atoms with Gasteiger partial charge in [0, 0.05) is 38.4 Å². The van der Waals surface area contributed by atoms with Gasteiger partial charge in [0.2, 0.25) is 0 Å². The van der Waals surface area contributed by atoms with E-state index in [0.717, 1.165) is 64.5 Å². The zero-order valence-corrected chi connectivity index (χ0v) is 14.9. The highest BCUT2D eigenvalue weighted by Gasteiger charge is 2.35. The Morgan fingerprint density at radius 2 is 2.08 bits per heavy atom. The minimum atomic E-state index is -0.0290. The summed E-state index contributed by atoms with van der Waals surface area (Å²) in [5.41, 5.74) is 10.7. The second-order valence-electron chi connectivity index (χ2n) is 8.03. The van der Waals surface area contributed by atoms with Crippen molar-refractivity contribution in [1.82, 2.24) is 4.90 Å². The van der Waals surface area contributed by atoms with Gasteiger partial charge in [-0.15, -0.1) is 0 Å². The average Bonchev–Trinajstić information content (AvgIpc) is 2.56. The Balaban J connectivity index is 1.32. The SMILES string of the molecule is Cc1c(CC2CN(CC3(N)CCOCC3)C2)ccc2c1OBCC2. The van der Waals surface area contributed by atoms with Crippen LogP contribution in [-0.2, 0) is 17.6 Å². The van der Waals surface area contributed by atoms with Crippen molar-refractivity contribution in [3.8, 4) is 5.75 Å². The van der Waals surface area contributed by atoms with E-state index in [1.807, 2.05) is 0 Å². The van der Waals surface area contributed by atoms with Gasteiger partial charge in [0.05, 0.1) is 0 Å². The fourth-order valence-corrected chi connectivity index (χ4v) is 4.47. The predicted octanol–water partition coefficient (Wildman–Crippen LogP) is 1.68. The van der Waals surface area contributed by atoms with Crippen molar-refractivity contribution in [3.63, 3.8) is 0 Å². The van der Waals surface area contributed by atoms with Crippen molar-refractivity contribution in [1.29, 1.82) is 0 Å². The molecule has 0 amide bonds. The van der Waals surface area contributed by atoms with Crippen molar-refractivity contribution >= 4 is 7.48 Å². The van der Waals surface area contributed by atoms with Crippen LogP contribution in [0.2, 0.25) is 6.32 Å². The number of hydrogen-bond acceptors (Lipinski definition) is 4. The van der Waals surface area contributed by atoms with Gasteiger partial charge in [-0.05, 0) is 61.5 Å². The van der Waals surface area contributed by atoms with Crippen LogP contribution in [0.1, 0.15) is 29.5 Å². The van der Waals surface area contributed by atoms with Crippen molar-refractivity contribution < 1.29 is 9.39 Å². The quantitative estimate of drug-likeness (QED) is 0.855. The molecule has 0 aromatic heterocycles. The Bertz CT molecular complexity index is 595. The minimum Gasteiger partial charge on any atom is -0.564 e. The van der Waals surface area contributed by atoms with Crippen LogP contribution in [0.5, 0.6) is 5.75 Å². The summed E-state index contributed by atoms with van der Waals surface area (Å²) in [7, 11) is 0.872. The summed E-state index contributed by atoms with van der Waals surface area (Å²) in [5.74, 6) is 1.92. The molecule has 4 rings (SSSR count). The molecule has 3 heterocycles. The number of fused-ring (bicyclic) bond motifs is 1. The summed E-state index contributed by atoms with van der Waals surface area (Å²) in [5, 5.41) is 0. The third-order valence-corrected chi connectivity index (χ3v) is 6.00. The van der Waals surface area contributed by atoms with Gasteiger partial charge in [-0.3, -0.25) is 0 Å². The number of likely N-dealkylation sites (tertiary alicyclic amines) is 1. The molecule has 0 bridgehead atoms. The summed E-state index contributed by atoms with van der Waals surface area (Å²) in [6.45, 7) is 7.25. The number of ether oxygens (including phenoxy) is 1. The first-order valence-electron chi connectivity index (χ1n) is 9.46. The summed E-state index contributed by atoms with van der Waals surface area (Å²) in [6.07, 6.45) is 5.47. The molecule has 130 valence electrons. The molecule has 2 fully saturated rings. The molecule has 3 aliphatic rings. The largest absolute Gasteiger partial charge is 0.564 e. The Morgan fingerprint density at radius 1 is 1.29 bits per heavy atom. The third kappa shape index (κ3) is 3.35. The average molecular weight is 328 g/mol. The van der Waals surface area contributed by atoms with Crippen LogP contribution in [0.25, 0.3) is 0 Å². The Kier molecular flexibility index (Phi) is 4.59. The number of rotatable bonds is 4. The first kappa shape index (κ1) is 16.4. The highest BCUT2D eigenvalue weighted by molar-refractivity contribution is 6.29. The third-order valence-electron chi connectivity index (χ3n) is 6.00. The second-order valence-corrected chi connectivity index (χ2v) is 8.03. The van der Waals surface area contributed by atoms with Gasteiger partial charge in [0.1, 0.15) is 5.75 Å². The molecule has 0 spiro atoms. The number of nitrogens with two attached hydrogens (primary N) is 1. The van der Waals surface area contributed by atoms with Crippen molar-refractivity contribution in [3.05, 3.63) is 28.8 Å². The lowest BCUT2D eigenvalue weighted by Gasteiger charge is -2.45. The normalized spacial score (nSPS) is 23.8. The fraction of sp³-hybridized carbons (Fsp3) is 0.684. The van der Waals surface area contributed by atoms with Crippen molar-refractivity contribution in [2.45, 2.75) is 44.5 Å². The molecule has 0 atom stereocenters. The molecule has 2 N–H and O–H groups in total. The smallest absolute Gasteiger partial charge is 0.340 e. The van der Waals surface area contributed by atoms with Crippen molar-refractivity contribution in [2.24, 2.45) is 11.7 Å². The van der Waals surface area contributed by atoms with Gasteiger partial charge in [0.15, 0.2) is 0 Å². The molecule has 1 aromatic rings. The molecule has 3 aliphatic heterocycles. The Hall–Kier alpha value is -1.04. The highest BCUT2D eigenvalue weighted by atomic mass is 16.5. The first-order chi connectivity index (χ1) is 11.6. The van der Waals surface area contributed by atoms with E-state index in [2.05, 4.69) is 24.0 Å². The number of aryl methyl sites for hydroxylation is 1. The van der Waals surface area contributed by atoms with Gasteiger partial charge in [-0.25, -0.2) is 0 Å². The van der Waals surface area contributed by atoms with Crippen LogP contribution in [0.4, 0.5) is 0 Å². The molecular weight excluding hydrogens is 299 g/mol. The molecule has 0 aliphatic carbocycles. The predicted molar refractivity (Wildman–Crippen MR) is 98.1 cm³/mol. The van der Waals surface area contributed by atoms with E-state index in [9.17, 15) is 0 Å². The summed E-state index contributed by atoms with van der Waals surface area (Å²) in [6, 6.07) is 4.61. The maximum atomic E-state index is 6.53. The van der Waals surface area contributed by atoms with Gasteiger partial charge in [-0.2, -0.15) is 0 Å². The first-order valence-corrected chi connectivity index (χ1v) is 9.46. The molecule has 5 heteroatoms. The van der Waals surface area contributed by atoms with Crippen molar-refractivity contribution in [2.75, 3.05) is 32.8 Å². The van der Waals surface area contributed by atoms with E-state index < -0.39 is 0 Å². The van der Waals surface area contributed by atoms with E-state index in [1.54, 1.807) is 0 Å². The van der Waals surface area contributed by atoms with E-state index in [1.165, 1.54) is 36.2 Å². The van der Waals surface area contributed by atoms with Crippen LogP contribution in [0.15, 0.2) is 12.1 Å². The molecule has 0 radical (unpaired) electrons. The van der Waals surface area contributed by atoms with Crippen LogP contribution >= 0.6 is 0 Å². The fourth-order valence-electron chi connectivity index (χ4n) is 4.47. The molecule has 2 saturated heterocycles. The van der Waals surface area contributed by atoms with E-state index >= 15 is 0 Å². The maximum absolute atomic E-state index is 6.53. The van der Waals surface area contributed by atoms with Gasteiger partial charge in [-0.1, -0.05) is 12.1 Å². The van der Waals surface area contributed by atoms with Gasteiger partial charge >= 0.3 is 7.48 Å². The topological polar surface area (TPSA) is 47.7 Å². The van der Waals surface area contributed by atoms with E-state index in [0.29, 0.717) is 0 Å². The molecule has 1 aromatic carbocycles. The van der Waals surface area contributed by atoms with E-state index in [-0.39, 0.29) is 5.54 Å². The second kappa shape index (κ2) is 6.70. The Labute approximate surface area is 146 Å². The van der Waals surface area contributed by atoms with Gasteiger partial charge in [0.25, 0.3) is 0 Å². The van der Waals surface area contributed by atoms with Gasteiger partial charge < -0.3 is 20.0 Å². The Morgan fingerprint density at radius 3 is 2.88 bits per heavy atom. The summed E-state index contributed by atoms with van der Waals surface area (Å²) < 4.78 is 11.4. The van der Waals surface area contributed by atoms with Crippen LogP contribution in [-0.4, -0.2) is 50.8 Å². The van der Waals surface area contributed by atoms with Crippen LogP contribution in [0, 0.1) is 12.8 Å². The van der Waals surface area contributed by atoms with Crippen LogP contribution in [0.3, 0.4) is 0 Å². The highest BCUT2D eigenvalue weighted by Crippen LogP contribution is 2.33. The molecule has 4 nitrogen and oxygen atoms in total. The molecule has 0 saturated carbocycles. The number of hydrogen-bond donors (Lipinski definition) is 1.